The molecule has 0 radical (unpaired) electrons. The third-order valence-corrected chi connectivity index (χ3v) is 13.1. The number of hydrazine groups is 1. The highest BCUT2D eigenvalue weighted by Crippen LogP contribution is 2.55. The van der Waals surface area contributed by atoms with E-state index in [-0.39, 0.29) is 53.0 Å². The summed E-state index contributed by atoms with van der Waals surface area (Å²) in [5.41, 5.74) is 0.115. The Morgan fingerprint density at radius 3 is 2.30 bits per heavy atom. The van der Waals surface area contributed by atoms with Crippen molar-refractivity contribution in [3.63, 3.8) is 0 Å². The van der Waals surface area contributed by atoms with Crippen molar-refractivity contribution in [2.24, 2.45) is 16.7 Å². The molecule has 3 aromatic rings. The highest BCUT2D eigenvalue weighted by atomic mass is 35.5. The molecule has 0 atom stereocenters. The summed E-state index contributed by atoms with van der Waals surface area (Å²) in [6.45, 7) is 13.4. The van der Waals surface area contributed by atoms with Gasteiger partial charge in [-0.3, -0.25) is 29.4 Å². The van der Waals surface area contributed by atoms with Crippen molar-refractivity contribution in [2.75, 3.05) is 62.2 Å². The van der Waals surface area contributed by atoms with E-state index in [1.54, 1.807) is 24.4 Å². The lowest BCUT2D eigenvalue weighted by Crippen LogP contribution is -2.74. The average molecular weight is 840 g/mol. The fourth-order valence-corrected chi connectivity index (χ4v) is 10.1. The standard InChI is InChI=1S/C43H47ClFN9O6/c1-42(2)39(43(3,4)40(42)60-29-7-5-26(22-46)31(44)21-29)49-36(56)27-6-8-33(47-23-27)52-12-9-25(10-13-52)24-50-15-17-51(18-16-50)28-19-30-35(32(45)20-28)38(58)54(37(30)57)53-14-11-34(55)48-41(53)59/h5-8,19-21,23,25,39-40H,9-18,24H2,1-4H3,(H,49,56)(H,48,55,59). The van der Waals surface area contributed by atoms with Gasteiger partial charge >= 0.3 is 6.03 Å². The third-order valence-electron chi connectivity index (χ3n) is 12.8. The first-order chi connectivity index (χ1) is 28.6. The van der Waals surface area contributed by atoms with Crippen LogP contribution in [0.3, 0.4) is 0 Å². The molecule has 4 fully saturated rings. The molecule has 1 saturated carbocycles. The summed E-state index contributed by atoms with van der Waals surface area (Å²) in [4.78, 5) is 75.1. The van der Waals surface area contributed by atoms with Gasteiger partial charge in [0.25, 0.3) is 17.7 Å². The second kappa shape index (κ2) is 15.7. The summed E-state index contributed by atoms with van der Waals surface area (Å²) in [6.07, 6.45) is 3.31. The Kier molecular flexibility index (Phi) is 10.7. The quantitative estimate of drug-likeness (QED) is 0.283. The molecular weight excluding hydrogens is 793 g/mol. The number of benzene rings is 2. The van der Waals surface area contributed by atoms with Gasteiger partial charge in [0.05, 0.1) is 33.8 Å². The Labute approximate surface area is 352 Å². The minimum absolute atomic E-state index is 0.0814. The van der Waals surface area contributed by atoms with E-state index >= 15 is 4.39 Å². The van der Waals surface area contributed by atoms with E-state index in [1.165, 1.54) is 12.1 Å². The van der Waals surface area contributed by atoms with E-state index in [0.717, 1.165) is 56.4 Å². The van der Waals surface area contributed by atoms with E-state index in [1.807, 2.05) is 17.0 Å². The number of rotatable bonds is 9. The lowest BCUT2D eigenvalue weighted by molar-refractivity contribution is -0.164. The van der Waals surface area contributed by atoms with Crippen LogP contribution in [0.4, 0.5) is 20.7 Å². The average Bonchev–Trinajstić information content (AvgIpc) is 3.48. The predicted octanol–water partition coefficient (Wildman–Crippen LogP) is 4.85. The van der Waals surface area contributed by atoms with Gasteiger partial charge in [0.15, 0.2) is 0 Å². The van der Waals surface area contributed by atoms with Crippen molar-refractivity contribution in [3.05, 3.63) is 81.8 Å². The molecule has 3 saturated heterocycles. The van der Waals surface area contributed by atoms with E-state index in [4.69, 9.17) is 16.3 Å². The van der Waals surface area contributed by atoms with Gasteiger partial charge in [-0.05, 0) is 55.2 Å². The number of imide groups is 2. The van der Waals surface area contributed by atoms with Gasteiger partial charge in [-0.2, -0.15) is 10.3 Å². The molecular formula is C43H47ClFN9O6. The Morgan fingerprint density at radius 2 is 1.67 bits per heavy atom. The van der Waals surface area contributed by atoms with Crippen LogP contribution in [0.15, 0.2) is 48.7 Å². The Balaban J connectivity index is 0.799. The molecule has 0 unspecified atom stereocenters. The zero-order valence-electron chi connectivity index (χ0n) is 34.0. The van der Waals surface area contributed by atoms with Crippen LogP contribution < -0.4 is 25.2 Å². The maximum absolute atomic E-state index is 15.4. The Hall–Kier alpha value is -5.79. The topological polar surface area (TPSA) is 172 Å². The molecule has 17 heteroatoms. The van der Waals surface area contributed by atoms with Crippen molar-refractivity contribution >= 4 is 52.8 Å². The molecule has 4 aliphatic heterocycles. The molecule has 15 nitrogen and oxygen atoms in total. The SMILES string of the molecule is CC1(C)C(NC(=O)c2ccc(N3CCC(CN4CCN(c5cc(F)c6c(c5)C(=O)N(N5CCC(=O)NC5=O)C6=O)CC4)CC3)nc2)C(C)(C)C1Oc1ccc(C#N)c(Cl)c1. The maximum Gasteiger partial charge on any atom is 0.343 e. The zero-order valence-corrected chi connectivity index (χ0v) is 34.7. The van der Waals surface area contributed by atoms with Crippen molar-refractivity contribution < 1.29 is 33.1 Å². The maximum atomic E-state index is 15.4. The molecule has 0 spiro atoms. The molecule has 60 heavy (non-hydrogen) atoms. The number of pyridine rings is 1. The summed E-state index contributed by atoms with van der Waals surface area (Å²) in [7, 11) is 0. The van der Waals surface area contributed by atoms with Crippen LogP contribution in [0, 0.1) is 33.9 Å². The van der Waals surface area contributed by atoms with Crippen LogP contribution in [-0.4, -0.2) is 114 Å². The number of nitrogens with zero attached hydrogens (tertiary/aromatic N) is 7. The summed E-state index contributed by atoms with van der Waals surface area (Å²) in [5.74, 6) is -1.36. The van der Waals surface area contributed by atoms with Crippen LogP contribution in [0.1, 0.15) is 83.6 Å². The second-order valence-electron chi connectivity index (χ2n) is 17.4. The molecule has 1 aromatic heterocycles. The lowest BCUT2D eigenvalue weighted by atomic mass is 9.49. The van der Waals surface area contributed by atoms with Gasteiger partial charge in [-0.15, -0.1) is 0 Å². The van der Waals surface area contributed by atoms with Gasteiger partial charge in [0.1, 0.15) is 29.6 Å². The number of nitriles is 1. The van der Waals surface area contributed by atoms with Gasteiger partial charge in [0.2, 0.25) is 5.91 Å². The molecule has 5 aliphatic rings. The zero-order chi connectivity index (χ0) is 42.7. The number of piperazine rings is 1. The minimum Gasteiger partial charge on any atom is -0.489 e. The molecule has 314 valence electrons. The van der Waals surface area contributed by atoms with E-state index in [9.17, 15) is 29.2 Å². The number of amides is 6. The van der Waals surface area contributed by atoms with Gasteiger partial charge in [-0.1, -0.05) is 39.3 Å². The monoisotopic (exact) mass is 839 g/mol. The number of hydrogen-bond acceptors (Lipinski definition) is 11. The summed E-state index contributed by atoms with van der Waals surface area (Å²) >= 11 is 6.24. The molecule has 2 aromatic carbocycles. The first-order valence-corrected chi connectivity index (χ1v) is 20.6. The number of carbonyl (C=O) groups is 5. The fraction of sp³-hybridized carbons (Fsp3) is 0.465. The number of carbonyl (C=O) groups excluding carboxylic acids is 5. The van der Waals surface area contributed by atoms with Crippen LogP contribution in [0.2, 0.25) is 5.02 Å². The van der Waals surface area contributed by atoms with Gasteiger partial charge in [-0.25, -0.2) is 19.2 Å². The molecule has 8 rings (SSSR count). The van der Waals surface area contributed by atoms with E-state index in [2.05, 4.69) is 59.2 Å². The molecule has 6 amide bonds. The van der Waals surface area contributed by atoms with Crippen LogP contribution in [0.5, 0.6) is 5.75 Å². The molecule has 0 bridgehead atoms. The number of aromatic nitrogens is 1. The number of ether oxygens (including phenoxy) is 1. The van der Waals surface area contributed by atoms with Crippen molar-refractivity contribution in [1.29, 1.82) is 5.26 Å². The Morgan fingerprint density at radius 1 is 0.950 bits per heavy atom. The first kappa shape index (κ1) is 41.0. The number of hydrogen-bond donors (Lipinski definition) is 2. The molecule has 1 aliphatic carbocycles. The Bertz CT molecular complexity index is 2280. The largest absolute Gasteiger partial charge is 0.489 e. The highest BCUT2D eigenvalue weighted by Gasteiger charge is 2.64. The molecule has 5 heterocycles. The minimum atomic E-state index is -0.928. The lowest BCUT2D eigenvalue weighted by Gasteiger charge is -2.63. The van der Waals surface area contributed by atoms with Gasteiger partial charge < -0.3 is 19.9 Å². The normalized spacial score (nSPS) is 22.9. The summed E-state index contributed by atoms with van der Waals surface area (Å²) in [5, 5.41) is 16.3. The number of halogens is 2. The molecule has 2 N–H and O–H groups in total. The van der Waals surface area contributed by atoms with Crippen LogP contribution in [0.25, 0.3) is 0 Å². The summed E-state index contributed by atoms with van der Waals surface area (Å²) < 4.78 is 21.7. The van der Waals surface area contributed by atoms with Crippen LogP contribution in [-0.2, 0) is 4.79 Å². The predicted molar refractivity (Wildman–Crippen MR) is 219 cm³/mol. The smallest absolute Gasteiger partial charge is 0.343 e. The fourth-order valence-electron chi connectivity index (χ4n) is 9.85. The van der Waals surface area contributed by atoms with Gasteiger partial charge in [0, 0.05) is 87.1 Å². The van der Waals surface area contributed by atoms with Crippen molar-refractivity contribution in [1.82, 2.24) is 30.5 Å². The number of piperidine rings is 1. The number of anilines is 2. The summed E-state index contributed by atoms with van der Waals surface area (Å²) in [6, 6.07) is 12.5. The number of nitrogens with one attached hydrogen (secondary N) is 2. The van der Waals surface area contributed by atoms with Crippen molar-refractivity contribution in [2.45, 2.75) is 59.1 Å². The van der Waals surface area contributed by atoms with E-state index < -0.39 is 29.6 Å². The first-order valence-electron chi connectivity index (χ1n) is 20.3. The highest BCUT2D eigenvalue weighted by molar-refractivity contribution is 6.31. The van der Waals surface area contributed by atoms with Crippen LogP contribution >= 0.6 is 11.6 Å². The second-order valence-corrected chi connectivity index (χ2v) is 17.8. The third kappa shape index (κ3) is 7.38. The number of urea groups is 1. The van der Waals surface area contributed by atoms with Crippen molar-refractivity contribution in [3.8, 4) is 11.8 Å². The van der Waals surface area contributed by atoms with E-state index in [0.29, 0.717) is 51.6 Å². The number of fused-ring (bicyclic) bond motifs is 1.